The molecule has 3 amide bonds. The molecule has 5 aromatic rings. The highest BCUT2D eigenvalue weighted by Crippen LogP contribution is 2.35. The number of rotatable bonds is 12. The van der Waals surface area contributed by atoms with E-state index in [4.69, 9.17) is 0 Å². The molecule has 5 aliphatic rings. The lowest BCUT2D eigenvalue weighted by Crippen LogP contribution is -2.52. The van der Waals surface area contributed by atoms with Crippen molar-refractivity contribution in [3.63, 3.8) is 0 Å². The van der Waals surface area contributed by atoms with Gasteiger partial charge in [-0.2, -0.15) is 12.7 Å². The largest absolute Gasteiger partial charge is 0.372 e. The topological polar surface area (TPSA) is 168 Å². The van der Waals surface area contributed by atoms with Crippen LogP contribution in [0.3, 0.4) is 0 Å². The van der Waals surface area contributed by atoms with Crippen molar-refractivity contribution in [3.05, 3.63) is 113 Å². The first-order valence-electron chi connectivity index (χ1n) is 22.0. The number of halogens is 3. The monoisotopic (exact) mass is 908 g/mol. The molecule has 0 spiro atoms. The summed E-state index contributed by atoms with van der Waals surface area (Å²) >= 11 is 0. The van der Waals surface area contributed by atoms with Crippen LogP contribution in [-0.4, -0.2) is 114 Å². The standard InChI is InChI=1S/C47H47F3N8O6S/c48-33-13-16-57(26-33)65(63,64)54-39-8-7-38(49)42(43(39)50)44(60)37-21-52-45-36(37)19-31(20-51-45)30-3-1-27(2-4-30)17-29-23-55(24-29)22-28-11-14-56(15-12-28)34-5-6-35-32(18-34)25-58(47(35)62)40-9-10-41(59)53-46(40)61/h1-8,18-21,28-29,33,40,54H,9-17,22-26H2,(H,51,52)(H,53,59,61)/t33-,40?/m1/s1. The Morgan fingerprint density at radius 3 is 2.40 bits per heavy atom. The van der Waals surface area contributed by atoms with Crippen LogP contribution in [0.25, 0.3) is 22.2 Å². The van der Waals surface area contributed by atoms with Crippen molar-refractivity contribution in [3.8, 4) is 11.1 Å². The third-order valence-electron chi connectivity index (χ3n) is 13.6. The SMILES string of the molecule is O=C1CCC(N2Cc3cc(N4CCC(CN5CC(Cc6ccc(-c7cnc8[nH]cc(C(=O)c9c(F)ccc(NS(=O)(=O)N%10CC[C@@H](F)C%10)c9F)c8c7)cc6)C5)CC4)ccc3C2=O)C(=O)N1. The number of alkyl halides is 1. The third kappa shape index (κ3) is 8.38. The molecule has 338 valence electrons. The molecule has 0 saturated carbocycles. The molecule has 3 aromatic carbocycles. The molecule has 14 nitrogen and oxygen atoms in total. The number of carbonyl (C=O) groups is 4. The first-order valence-corrected chi connectivity index (χ1v) is 23.5. The molecule has 3 N–H and O–H groups in total. The van der Waals surface area contributed by atoms with Crippen LogP contribution in [-0.2, 0) is 32.8 Å². The maximum Gasteiger partial charge on any atom is 0.301 e. The number of anilines is 2. The number of nitrogens with one attached hydrogen (secondary N) is 3. The Balaban J connectivity index is 0.716. The second kappa shape index (κ2) is 17.0. The van der Waals surface area contributed by atoms with Gasteiger partial charge in [-0.05, 0) is 97.0 Å². The average molecular weight is 909 g/mol. The molecule has 0 bridgehead atoms. The minimum atomic E-state index is -4.35. The van der Waals surface area contributed by atoms with E-state index in [2.05, 4.69) is 43.3 Å². The van der Waals surface area contributed by atoms with E-state index in [-0.39, 0.29) is 43.3 Å². The van der Waals surface area contributed by atoms with Crippen LogP contribution in [0, 0.1) is 23.5 Å². The highest BCUT2D eigenvalue weighted by atomic mass is 32.2. The van der Waals surface area contributed by atoms with Crippen molar-refractivity contribution < 1.29 is 40.8 Å². The van der Waals surface area contributed by atoms with Gasteiger partial charge in [0.2, 0.25) is 17.6 Å². The number of benzene rings is 3. The average Bonchev–Trinajstić information content (AvgIpc) is 4.01. The molecule has 65 heavy (non-hydrogen) atoms. The second-order valence-electron chi connectivity index (χ2n) is 17.9. The van der Waals surface area contributed by atoms with E-state index in [0.717, 1.165) is 85.2 Å². The van der Waals surface area contributed by atoms with Crippen molar-refractivity contribution in [2.45, 2.75) is 57.3 Å². The van der Waals surface area contributed by atoms with Gasteiger partial charge in [0.15, 0.2) is 5.82 Å². The first kappa shape index (κ1) is 42.8. The summed E-state index contributed by atoms with van der Waals surface area (Å²) in [5.74, 6) is -3.26. The fourth-order valence-electron chi connectivity index (χ4n) is 10.1. The number of carbonyl (C=O) groups excluding carboxylic acids is 4. The van der Waals surface area contributed by atoms with Crippen LogP contribution in [0.2, 0.25) is 0 Å². The summed E-state index contributed by atoms with van der Waals surface area (Å²) in [5, 5.41) is 2.70. The van der Waals surface area contributed by atoms with Crippen LogP contribution in [0.1, 0.15) is 69.5 Å². The normalized spacial score (nSPS) is 21.2. The van der Waals surface area contributed by atoms with E-state index in [0.29, 0.717) is 47.0 Å². The van der Waals surface area contributed by atoms with E-state index >= 15 is 8.78 Å². The number of amides is 3. The van der Waals surface area contributed by atoms with Crippen molar-refractivity contribution in [1.29, 1.82) is 0 Å². The molecule has 10 rings (SSSR count). The van der Waals surface area contributed by atoms with Crippen LogP contribution in [0.5, 0.6) is 0 Å². The van der Waals surface area contributed by atoms with Crippen LogP contribution in [0.4, 0.5) is 24.5 Å². The summed E-state index contributed by atoms with van der Waals surface area (Å²) in [6.07, 6.45) is 5.30. The summed E-state index contributed by atoms with van der Waals surface area (Å²) in [4.78, 5) is 64.8. The Kier molecular flexibility index (Phi) is 11.2. The number of aromatic amines is 1. The number of likely N-dealkylation sites (tertiary alicyclic amines) is 1. The van der Waals surface area contributed by atoms with Crippen molar-refractivity contribution in [2.75, 3.05) is 55.4 Å². The maximum absolute atomic E-state index is 15.7. The molecule has 4 fully saturated rings. The number of hydrogen-bond donors (Lipinski definition) is 3. The van der Waals surface area contributed by atoms with Crippen molar-refractivity contribution in [2.24, 2.45) is 11.8 Å². The molecular formula is C47H47F3N8O6S. The van der Waals surface area contributed by atoms with Gasteiger partial charge in [-0.15, -0.1) is 0 Å². The Hall–Kier alpha value is -6.11. The van der Waals surface area contributed by atoms with Gasteiger partial charge in [-0.3, -0.25) is 29.2 Å². The number of piperidine rings is 2. The molecule has 7 heterocycles. The van der Waals surface area contributed by atoms with Gasteiger partial charge in [0.25, 0.3) is 5.91 Å². The minimum absolute atomic E-state index is 0.00544. The highest BCUT2D eigenvalue weighted by molar-refractivity contribution is 7.90. The number of H-pyrrole nitrogens is 1. The Morgan fingerprint density at radius 2 is 1.66 bits per heavy atom. The predicted molar refractivity (Wildman–Crippen MR) is 236 cm³/mol. The van der Waals surface area contributed by atoms with Crippen molar-refractivity contribution >= 4 is 56.1 Å². The van der Waals surface area contributed by atoms with Crippen molar-refractivity contribution in [1.82, 2.24) is 29.4 Å². The minimum Gasteiger partial charge on any atom is -0.372 e. The van der Waals surface area contributed by atoms with E-state index in [9.17, 15) is 32.0 Å². The zero-order valence-electron chi connectivity index (χ0n) is 35.4. The Labute approximate surface area is 373 Å². The van der Waals surface area contributed by atoms with Crippen LogP contribution < -0.4 is 14.9 Å². The number of fused-ring (bicyclic) bond motifs is 2. The molecule has 1 unspecified atom stereocenters. The maximum atomic E-state index is 15.7. The van der Waals surface area contributed by atoms with Gasteiger partial charge < -0.3 is 19.7 Å². The lowest BCUT2D eigenvalue weighted by molar-refractivity contribution is -0.136. The number of nitrogens with zero attached hydrogens (tertiary/aromatic N) is 5. The smallest absolute Gasteiger partial charge is 0.301 e. The summed E-state index contributed by atoms with van der Waals surface area (Å²) < 4.78 is 73.0. The Morgan fingerprint density at radius 1 is 0.877 bits per heavy atom. The van der Waals surface area contributed by atoms with Crippen LogP contribution in [0.15, 0.2) is 73.1 Å². The summed E-state index contributed by atoms with van der Waals surface area (Å²) in [7, 11) is -4.35. The van der Waals surface area contributed by atoms with E-state index < -0.39 is 57.0 Å². The number of imide groups is 1. The van der Waals surface area contributed by atoms with Gasteiger partial charge in [0, 0.05) is 98.9 Å². The summed E-state index contributed by atoms with van der Waals surface area (Å²) in [6, 6.07) is 16.9. The zero-order chi connectivity index (χ0) is 45.1. The molecule has 0 radical (unpaired) electrons. The molecule has 2 aromatic heterocycles. The van der Waals surface area contributed by atoms with E-state index in [1.807, 2.05) is 29.0 Å². The molecule has 2 atom stereocenters. The van der Waals surface area contributed by atoms with Gasteiger partial charge in [0.05, 0.1) is 11.3 Å². The molecule has 0 aliphatic carbocycles. The zero-order valence-corrected chi connectivity index (χ0v) is 36.2. The third-order valence-corrected chi connectivity index (χ3v) is 15.1. The van der Waals surface area contributed by atoms with Crippen LogP contribution >= 0.6 is 0 Å². The lowest BCUT2D eigenvalue weighted by Gasteiger charge is -2.43. The van der Waals surface area contributed by atoms with Gasteiger partial charge in [-0.25, -0.2) is 18.2 Å². The summed E-state index contributed by atoms with van der Waals surface area (Å²) in [5.41, 5.74) is 4.11. The highest BCUT2D eigenvalue weighted by Gasteiger charge is 2.40. The van der Waals surface area contributed by atoms with E-state index in [1.54, 1.807) is 17.2 Å². The Bertz CT molecular complexity index is 2840. The molecular weight excluding hydrogens is 862 g/mol. The fourth-order valence-corrected chi connectivity index (χ4v) is 11.3. The second-order valence-corrected chi connectivity index (χ2v) is 19.6. The molecule has 4 saturated heterocycles. The number of pyridine rings is 1. The predicted octanol–water partition coefficient (Wildman–Crippen LogP) is 5.59. The number of aromatic nitrogens is 2. The number of hydrogen-bond acceptors (Lipinski definition) is 9. The molecule has 5 aliphatic heterocycles. The fraction of sp³-hybridized carbons (Fsp3) is 0.383. The van der Waals surface area contributed by atoms with Gasteiger partial charge in [0.1, 0.15) is 23.7 Å². The summed E-state index contributed by atoms with van der Waals surface area (Å²) in [6.45, 7) is 4.88. The quantitative estimate of drug-likeness (QED) is 0.107. The van der Waals surface area contributed by atoms with Gasteiger partial charge in [-0.1, -0.05) is 24.3 Å². The first-order chi connectivity index (χ1) is 31.3. The van der Waals surface area contributed by atoms with Gasteiger partial charge >= 0.3 is 10.2 Å². The lowest BCUT2D eigenvalue weighted by atomic mass is 9.88. The number of ketones is 1. The molecule has 18 heteroatoms. The van der Waals surface area contributed by atoms with E-state index in [1.165, 1.54) is 11.8 Å².